The van der Waals surface area contributed by atoms with Crippen molar-refractivity contribution in [3.63, 3.8) is 0 Å². The van der Waals surface area contributed by atoms with Crippen molar-refractivity contribution in [3.8, 4) is 11.5 Å². The van der Waals surface area contributed by atoms with Crippen LogP contribution in [0.5, 0.6) is 11.5 Å². The Bertz CT molecular complexity index is 1120. The molecule has 9 heteroatoms. The second-order valence-corrected chi connectivity index (χ2v) is 8.58. The zero-order valence-corrected chi connectivity index (χ0v) is 20.1. The lowest BCUT2D eigenvalue weighted by Gasteiger charge is -2.16. The number of rotatable bonds is 8. The van der Waals surface area contributed by atoms with Crippen molar-refractivity contribution < 1.29 is 19.4 Å². The number of carbonyl (C=O) groups is 1. The molecule has 0 aromatic heterocycles. The molecule has 162 valence electrons. The van der Waals surface area contributed by atoms with Gasteiger partial charge in [-0.3, -0.25) is 0 Å². The van der Waals surface area contributed by atoms with Crippen molar-refractivity contribution >= 4 is 62.4 Å². The van der Waals surface area contributed by atoms with Crippen LogP contribution in [-0.4, -0.2) is 18.2 Å². The Labute approximate surface area is 203 Å². The van der Waals surface area contributed by atoms with Gasteiger partial charge in [0.25, 0.3) is 0 Å². The molecule has 3 rings (SSSR count). The molecular weight excluding hydrogens is 529 g/mol. The third kappa shape index (κ3) is 5.98. The highest BCUT2D eigenvalue weighted by Gasteiger charge is 2.13. The van der Waals surface area contributed by atoms with Crippen LogP contribution < -0.4 is 14.8 Å². The van der Waals surface area contributed by atoms with Gasteiger partial charge in [-0.25, -0.2) is 4.79 Å². The Kier molecular flexibility index (Phi) is 7.94. The molecule has 0 saturated heterocycles. The van der Waals surface area contributed by atoms with Gasteiger partial charge in [-0.05, 0) is 69.5 Å². The maximum Gasteiger partial charge on any atom is 0.335 e. The first-order valence-electron chi connectivity index (χ1n) is 8.98. The van der Waals surface area contributed by atoms with Crippen molar-refractivity contribution in [2.45, 2.75) is 13.2 Å². The molecule has 0 saturated carbocycles. The zero-order valence-electron chi connectivity index (χ0n) is 16.2. The smallest absolute Gasteiger partial charge is 0.335 e. The number of methoxy groups -OCH3 is 1. The van der Waals surface area contributed by atoms with Crippen LogP contribution in [0.15, 0.2) is 53.0 Å². The highest BCUT2D eigenvalue weighted by Crippen LogP contribution is 2.38. The van der Waals surface area contributed by atoms with Crippen molar-refractivity contribution in [1.82, 2.24) is 0 Å². The Balaban J connectivity index is 1.75. The number of nitrogens with one attached hydrogen (secondary N) is 1. The number of aromatic carboxylic acids is 1. The first-order chi connectivity index (χ1) is 14.8. The number of hydrogen-bond donors (Lipinski definition) is 2. The molecule has 0 heterocycles. The van der Waals surface area contributed by atoms with Crippen LogP contribution in [-0.2, 0) is 13.2 Å². The molecule has 0 aliphatic carbocycles. The Hall–Kier alpha value is -2.12. The van der Waals surface area contributed by atoms with Gasteiger partial charge in [-0.2, -0.15) is 0 Å². The van der Waals surface area contributed by atoms with Gasteiger partial charge in [-0.1, -0.05) is 40.9 Å². The number of halogens is 4. The minimum absolute atomic E-state index is 0.150. The summed E-state index contributed by atoms with van der Waals surface area (Å²) in [5, 5.41) is 13.7. The van der Waals surface area contributed by atoms with Gasteiger partial charge in [0.15, 0.2) is 11.5 Å². The molecular formula is C22H17BrCl3NO4. The number of anilines is 1. The summed E-state index contributed by atoms with van der Waals surface area (Å²) >= 11 is 21.7. The van der Waals surface area contributed by atoms with E-state index < -0.39 is 5.97 Å². The van der Waals surface area contributed by atoms with Gasteiger partial charge in [-0.15, -0.1) is 0 Å². The fraction of sp³-hybridized carbons (Fsp3) is 0.136. The molecule has 5 nitrogen and oxygen atoms in total. The van der Waals surface area contributed by atoms with Gasteiger partial charge >= 0.3 is 5.97 Å². The lowest BCUT2D eigenvalue weighted by Crippen LogP contribution is -2.04. The van der Waals surface area contributed by atoms with Gasteiger partial charge in [0.05, 0.1) is 37.9 Å². The quantitative estimate of drug-likeness (QED) is 0.311. The van der Waals surface area contributed by atoms with E-state index in [0.29, 0.717) is 43.3 Å². The SMILES string of the molecule is COc1cc(CNc2cc(C(=O)O)ccc2Cl)cc(Br)c1OCc1ccc(Cl)c(Cl)c1. The number of hydrogen-bond acceptors (Lipinski definition) is 4. The fourth-order valence-electron chi connectivity index (χ4n) is 2.79. The van der Waals surface area contributed by atoms with Crippen molar-refractivity contribution in [3.05, 3.63) is 84.8 Å². The van der Waals surface area contributed by atoms with Crippen LogP contribution in [0, 0.1) is 0 Å². The molecule has 0 aliphatic heterocycles. The minimum Gasteiger partial charge on any atom is -0.493 e. The summed E-state index contributed by atoms with van der Waals surface area (Å²) < 4.78 is 12.1. The second kappa shape index (κ2) is 10.5. The molecule has 0 unspecified atom stereocenters. The molecule has 0 radical (unpaired) electrons. The minimum atomic E-state index is -1.02. The number of benzene rings is 3. The predicted octanol–water partition coefficient (Wildman–Crippen LogP) is 7.31. The summed E-state index contributed by atoms with van der Waals surface area (Å²) in [5.41, 5.74) is 2.41. The monoisotopic (exact) mass is 543 g/mol. The summed E-state index contributed by atoms with van der Waals surface area (Å²) in [6, 6.07) is 13.5. The Morgan fingerprint density at radius 3 is 2.42 bits per heavy atom. The average Bonchev–Trinajstić information content (AvgIpc) is 2.74. The van der Waals surface area contributed by atoms with E-state index in [0.717, 1.165) is 11.1 Å². The van der Waals surface area contributed by atoms with Crippen LogP contribution in [0.4, 0.5) is 5.69 Å². The summed E-state index contributed by atoms with van der Waals surface area (Å²) in [4.78, 5) is 11.2. The van der Waals surface area contributed by atoms with Gasteiger partial charge < -0.3 is 19.9 Å². The fourth-order valence-corrected chi connectivity index (χ4v) is 3.90. The largest absolute Gasteiger partial charge is 0.493 e. The first-order valence-corrected chi connectivity index (χ1v) is 10.9. The lowest BCUT2D eigenvalue weighted by atomic mass is 10.1. The van der Waals surface area contributed by atoms with E-state index in [1.54, 1.807) is 25.3 Å². The molecule has 0 amide bonds. The normalized spacial score (nSPS) is 10.6. The molecule has 3 aromatic carbocycles. The van der Waals surface area contributed by atoms with Crippen LogP contribution in [0.2, 0.25) is 15.1 Å². The average molecular weight is 546 g/mol. The van der Waals surface area contributed by atoms with E-state index in [1.165, 1.54) is 12.1 Å². The highest BCUT2D eigenvalue weighted by atomic mass is 79.9. The van der Waals surface area contributed by atoms with Crippen molar-refractivity contribution in [2.75, 3.05) is 12.4 Å². The van der Waals surface area contributed by atoms with Crippen molar-refractivity contribution in [1.29, 1.82) is 0 Å². The number of carboxylic acids is 1. The Morgan fingerprint density at radius 1 is 1.00 bits per heavy atom. The highest BCUT2D eigenvalue weighted by molar-refractivity contribution is 9.10. The van der Waals surface area contributed by atoms with Crippen LogP contribution in [0.3, 0.4) is 0 Å². The topological polar surface area (TPSA) is 67.8 Å². The van der Waals surface area contributed by atoms with Crippen LogP contribution in [0.25, 0.3) is 0 Å². The summed E-state index contributed by atoms with van der Waals surface area (Å²) in [5.74, 6) is 0.0625. The van der Waals surface area contributed by atoms with Gasteiger partial charge in [0.1, 0.15) is 6.61 Å². The van der Waals surface area contributed by atoms with Gasteiger partial charge in [0, 0.05) is 6.54 Å². The summed E-state index contributed by atoms with van der Waals surface area (Å²) in [7, 11) is 1.55. The molecule has 2 N–H and O–H groups in total. The lowest BCUT2D eigenvalue weighted by molar-refractivity contribution is 0.0697. The second-order valence-electron chi connectivity index (χ2n) is 6.50. The van der Waals surface area contributed by atoms with E-state index in [1.807, 2.05) is 18.2 Å². The van der Waals surface area contributed by atoms with E-state index in [-0.39, 0.29) is 12.2 Å². The van der Waals surface area contributed by atoms with Crippen molar-refractivity contribution in [2.24, 2.45) is 0 Å². The maximum atomic E-state index is 11.2. The van der Waals surface area contributed by atoms with E-state index >= 15 is 0 Å². The molecule has 3 aromatic rings. The molecule has 0 bridgehead atoms. The predicted molar refractivity (Wildman–Crippen MR) is 127 cm³/mol. The molecule has 0 aliphatic rings. The van der Waals surface area contributed by atoms with Gasteiger partial charge in [0.2, 0.25) is 0 Å². The van der Waals surface area contributed by atoms with Crippen LogP contribution in [0.1, 0.15) is 21.5 Å². The summed E-state index contributed by atoms with van der Waals surface area (Å²) in [6.45, 7) is 0.672. The summed E-state index contributed by atoms with van der Waals surface area (Å²) in [6.07, 6.45) is 0. The first kappa shape index (κ1) is 23.5. The molecule has 31 heavy (non-hydrogen) atoms. The zero-order chi connectivity index (χ0) is 22.5. The molecule has 0 spiro atoms. The Morgan fingerprint density at radius 2 is 1.74 bits per heavy atom. The maximum absolute atomic E-state index is 11.2. The third-order valence-electron chi connectivity index (χ3n) is 4.35. The third-order valence-corrected chi connectivity index (χ3v) is 6.01. The van der Waals surface area contributed by atoms with E-state index in [2.05, 4.69) is 21.2 Å². The molecule has 0 fully saturated rings. The van der Waals surface area contributed by atoms with E-state index in [9.17, 15) is 4.79 Å². The number of carboxylic acid groups (broad SMARTS) is 1. The molecule has 0 atom stereocenters. The van der Waals surface area contributed by atoms with E-state index in [4.69, 9.17) is 49.4 Å². The number of ether oxygens (including phenoxy) is 2. The standard InChI is InChI=1S/C22H17BrCl3NO4/c1-30-20-8-13(10-27-19-9-14(22(28)29)3-5-17(19)25)6-15(23)21(20)31-11-12-2-4-16(24)18(26)7-12/h2-9,27H,10-11H2,1H3,(H,28,29). The van der Waals surface area contributed by atoms with Crippen LogP contribution >= 0.6 is 50.7 Å².